The van der Waals surface area contributed by atoms with Gasteiger partial charge < -0.3 is 16.0 Å². The number of carbonyl (C=O) groups is 2. The summed E-state index contributed by atoms with van der Waals surface area (Å²) < 4.78 is 0. The molecule has 1 saturated carbocycles. The van der Waals surface area contributed by atoms with Gasteiger partial charge in [0.2, 0.25) is 5.91 Å². The van der Waals surface area contributed by atoms with Crippen LogP contribution in [0.1, 0.15) is 23.2 Å². The highest BCUT2D eigenvalue weighted by molar-refractivity contribution is 6.31. The predicted molar refractivity (Wildman–Crippen MR) is 113 cm³/mol. The average Bonchev–Trinajstić information content (AvgIpc) is 3.54. The van der Waals surface area contributed by atoms with Crippen LogP contribution in [0.15, 0.2) is 42.5 Å². The maximum atomic E-state index is 13.0. The number of halogens is 2. The van der Waals surface area contributed by atoms with Crippen LogP contribution in [0.4, 0.5) is 0 Å². The molecule has 0 spiro atoms. The lowest BCUT2D eigenvalue weighted by atomic mass is 9.91. The number of likely N-dealkylation sites (N-methyl/N-ethyl adjacent to an activating group) is 2. The minimum atomic E-state index is -0.808. The first-order chi connectivity index (χ1) is 13.4. The Balaban J connectivity index is 1.86. The second-order valence-electron chi connectivity index (χ2n) is 6.95. The van der Waals surface area contributed by atoms with Crippen LogP contribution in [0.2, 0.25) is 10.0 Å². The maximum absolute atomic E-state index is 13.0. The third kappa shape index (κ3) is 4.17. The Morgan fingerprint density at radius 1 is 1.04 bits per heavy atom. The van der Waals surface area contributed by atoms with Crippen molar-refractivity contribution in [1.29, 1.82) is 0 Å². The molecule has 2 aromatic carbocycles. The van der Waals surface area contributed by atoms with Gasteiger partial charge in [0.25, 0.3) is 5.91 Å². The van der Waals surface area contributed by atoms with E-state index in [0.29, 0.717) is 21.2 Å². The topological polar surface area (TPSA) is 70.2 Å². The van der Waals surface area contributed by atoms with E-state index in [1.165, 1.54) is 0 Å². The van der Waals surface area contributed by atoms with E-state index in [1.807, 2.05) is 12.1 Å². The standard InChI is InChI=1S/C21H23Cl2N3O2/c1-24-20(28)21(25-2,14-5-6-14)12-26-19(27)17-10-9-16(23)11-18(17)13-3-7-15(22)8-4-13/h3-4,7-11,14,25H,5-6,12H2,1-2H3,(H,24,28)(H,26,27)/t21-/m0/s1. The predicted octanol–water partition coefficient (Wildman–Crippen LogP) is 3.50. The van der Waals surface area contributed by atoms with E-state index in [9.17, 15) is 9.59 Å². The number of amides is 2. The van der Waals surface area contributed by atoms with Crippen molar-refractivity contribution in [3.8, 4) is 11.1 Å². The van der Waals surface area contributed by atoms with Gasteiger partial charge in [-0.25, -0.2) is 0 Å². The van der Waals surface area contributed by atoms with Crippen LogP contribution in [0.3, 0.4) is 0 Å². The minimum absolute atomic E-state index is 0.119. The van der Waals surface area contributed by atoms with E-state index in [0.717, 1.165) is 18.4 Å². The lowest BCUT2D eigenvalue weighted by Crippen LogP contribution is -2.62. The molecule has 1 atom stereocenters. The van der Waals surface area contributed by atoms with Gasteiger partial charge in [-0.05, 0) is 67.3 Å². The Morgan fingerprint density at radius 2 is 1.68 bits per heavy atom. The highest BCUT2D eigenvalue weighted by Crippen LogP contribution is 2.39. The summed E-state index contributed by atoms with van der Waals surface area (Å²) in [6.45, 7) is 0.204. The third-order valence-electron chi connectivity index (χ3n) is 5.26. The van der Waals surface area contributed by atoms with Gasteiger partial charge in [-0.3, -0.25) is 9.59 Å². The molecule has 2 aromatic rings. The van der Waals surface area contributed by atoms with Crippen LogP contribution in [0.5, 0.6) is 0 Å². The lowest BCUT2D eigenvalue weighted by Gasteiger charge is -2.32. The summed E-state index contributed by atoms with van der Waals surface area (Å²) in [5.41, 5.74) is 1.23. The summed E-state index contributed by atoms with van der Waals surface area (Å²) in [4.78, 5) is 25.5. The van der Waals surface area contributed by atoms with Crippen LogP contribution in [-0.2, 0) is 4.79 Å². The van der Waals surface area contributed by atoms with E-state index in [2.05, 4.69) is 16.0 Å². The average molecular weight is 420 g/mol. The number of nitrogens with one attached hydrogen (secondary N) is 3. The monoisotopic (exact) mass is 419 g/mol. The molecule has 0 unspecified atom stereocenters. The SMILES string of the molecule is CNC(=O)[C@@](CNC(=O)c1ccc(Cl)cc1-c1ccc(Cl)cc1)(NC)C1CC1. The molecule has 5 nitrogen and oxygen atoms in total. The molecule has 0 bridgehead atoms. The van der Waals surface area contributed by atoms with Crippen molar-refractivity contribution in [3.05, 3.63) is 58.1 Å². The van der Waals surface area contributed by atoms with Crippen molar-refractivity contribution in [2.75, 3.05) is 20.6 Å². The third-order valence-corrected chi connectivity index (χ3v) is 5.75. The molecule has 7 heteroatoms. The first-order valence-corrected chi connectivity index (χ1v) is 9.91. The maximum Gasteiger partial charge on any atom is 0.251 e. The van der Waals surface area contributed by atoms with Crippen LogP contribution >= 0.6 is 23.2 Å². The van der Waals surface area contributed by atoms with Gasteiger partial charge in [-0.1, -0.05) is 35.3 Å². The molecule has 1 aliphatic rings. The first-order valence-electron chi connectivity index (χ1n) is 9.16. The number of rotatable bonds is 7. The van der Waals surface area contributed by atoms with E-state index >= 15 is 0 Å². The highest BCUT2D eigenvalue weighted by atomic mass is 35.5. The molecule has 3 N–H and O–H groups in total. The van der Waals surface area contributed by atoms with Crippen LogP contribution in [0.25, 0.3) is 11.1 Å². The molecule has 2 amide bonds. The first kappa shape index (κ1) is 20.6. The Bertz CT molecular complexity index is 882. The second-order valence-corrected chi connectivity index (χ2v) is 7.83. The van der Waals surface area contributed by atoms with Crippen LogP contribution in [0, 0.1) is 5.92 Å². The fourth-order valence-corrected chi connectivity index (χ4v) is 3.81. The van der Waals surface area contributed by atoms with E-state index < -0.39 is 5.54 Å². The van der Waals surface area contributed by atoms with Crippen molar-refractivity contribution in [2.24, 2.45) is 5.92 Å². The molecule has 0 aliphatic heterocycles. The molecular formula is C21H23Cl2N3O2. The summed E-state index contributed by atoms with van der Waals surface area (Å²) in [5, 5.41) is 9.93. The second kappa shape index (κ2) is 8.52. The zero-order valence-corrected chi connectivity index (χ0v) is 17.3. The van der Waals surface area contributed by atoms with E-state index in [-0.39, 0.29) is 24.3 Å². The van der Waals surface area contributed by atoms with Gasteiger partial charge in [-0.2, -0.15) is 0 Å². The molecule has 3 rings (SSSR count). The minimum Gasteiger partial charge on any atom is -0.357 e. The summed E-state index contributed by atoms with van der Waals surface area (Å²) >= 11 is 12.1. The van der Waals surface area contributed by atoms with Gasteiger partial charge in [0, 0.05) is 29.2 Å². The smallest absolute Gasteiger partial charge is 0.251 e. The fraction of sp³-hybridized carbons (Fsp3) is 0.333. The largest absolute Gasteiger partial charge is 0.357 e. The van der Waals surface area contributed by atoms with Crippen molar-refractivity contribution < 1.29 is 9.59 Å². The normalized spacial score (nSPS) is 15.6. The van der Waals surface area contributed by atoms with E-state index in [1.54, 1.807) is 44.4 Å². The van der Waals surface area contributed by atoms with Gasteiger partial charge >= 0.3 is 0 Å². The summed E-state index contributed by atoms with van der Waals surface area (Å²) in [5.74, 6) is -0.170. The molecule has 1 fully saturated rings. The number of benzene rings is 2. The van der Waals surface area contributed by atoms with Crippen molar-refractivity contribution in [2.45, 2.75) is 18.4 Å². The molecule has 0 radical (unpaired) electrons. The molecule has 1 aliphatic carbocycles. The van der Waals surface area contributed by atoms with Crippen LogP contribution < -0.4 is 16.0 Å². The molecule has 148 valence electrons. The number of carbonyl (C=O) groups excluding carboxylic acids is 2. The van der Waals surface area contributed by atoms with Gasteiger partial charge in [0.15, 0.2) is 0 Å². The van der Waals surface area contributed by atoms with Crippen molar-refractivity contribution in [3.63, 3.8) is 0 Å². The van der Waals surface area contributed by atoms with Crippen molar-refractivity contribution in [1.82, 2.24) is 16.0 Å². The molecule has 0 heterocycles. The number of hydrogen-bond donors (Lipinski definition) is 3. The Hall–Kier alpha value is -2.08. The lowest BCUT2D eigenvalue weighted by molar-refractivity contribution is -0.127. The number of hydrogen-bond acceptors (Lipinski definition) is 3. The molecule has 0 saturated heterocycles. The van der Waals surface area contributed by atoms with Gasteiger partial charge in [0.05, 0.1) is 0 Å². The van der Waals surface area contributed by atoms with Crippen LogP contribution in [-0.4, -0.2) is 38.0 Å². The zero-order chi connectivity index (χ0) is 20.3. The Labute approximate surface area is 174 Å². The Morgan fingerprint density at radius 3 is 2.25 bits per heavy atom. The fourth-order valence-electron chi connectivity index (χ4n) is 3.51. The summed E-state index contributed by atoms with van der Waals surface area (Å²) in [6, 6.07) is 12.4. The molecule has 28 heavy (non-hydrogen) atoms. The summed E-state index contributed by atoms with van der Waals surface area (Å²) in [7, 11) is 3.36. The van der Waals surface area contributed by atoms with Gasteiger partial charge in [-0.15, -0.1) is 0 Å². The Kier molecular flexibility index (Phi) is 6.28. The quantitative estimate of drug-likeness (QED) is 0.642. The summed E-state index contributed by atoms with van der Waals surface area (Å²) in [6.07, 6.45) is 1.92. The molecular weight excluding hydrogens is 397 g/mol. The zero-order valence-electron chi connectivity index (χ0n) is 15.8. The van der Waals surface area contributed by atoms with Gasteiger partial charge in [0.1, 0.15) is 5.54 Å². The van der Waals surface area contributed by atoms with E-state index in [4.69, 9.17) is 23.2 Å². The highest BCUT2D eigenvalue weighted by Gasteiger charge is 2.49. The van der Waals surface area contributed by atoms with Crippen molar-refractivity contribution >= 4 is 35.0 Å². The molecule has 0 aromatic heterocycles.